The van der Waals surface area contributed by atoms with E-state index in [0.717, 1.165) is 5.56 Å². The number of halogens is 1. The van der Waals surface area contributed by atoms with Crippen LogP contribution in [-0.4, -0.2) is 27.6 Å². The van der Waals surface area contributed by atoms with Crippen molar-refractivity contribution in [1.29, 1.82) is 0 Å². The van der Waals surface area contributed by atoms with E-state index in [-0.39, 0.29) is 17.5 Å². The van der Waals surface area contributed by atoms with Gasteiger partial charge in [-0.15, -0.1) is 0 Å². The largest absolute Gasteiger partial charge is 0.506 e. The van der Waals surface area contributed by atoms with Crippen LogP contribution >= 0.6 is 11.8 Å². The summed E-state index contributed by atoms with van der Waals surface area (Å²) in [5.41, 5.74) is 1.67. The first-order valence-electron chi connectivity index (χ1n) is 7.84. The number of carbonyl (C=O) groups excluding carboxylic acids is 1. The van der Waals surface area contributed by atoms with Crippen LogP contribution in [0.1, 0.15) is 18.1 Å². The monoisotopic (exact) mass is 356 g/mol. The molecule has 128 valence electrons. The summed E-state index contributed by atoms with van der Waals surface area (Å²) in [7, 11) is 0. The van der Waals surface area contributed by atoms with E-state index in [1.165, 1.54) is 28.8 Å². The Balaban J connectivity index is 1.98. The topological polar surface area (TPSA) is 52.9 Å². The summed E-state index contributed by atoms with van der Waals surface area (Å²) >= 11 is 1.17. The van der Waals surface area contributed by atoms with Gasteiger partial charge in [0.25, 0.3) is 5.91 Å². The number of hydrogen-bond donors (Lipinski definition) is 1. The van der Waals surface area contributed by atoms with E-state index in [2.05, 4.69) is 4.99 Å². The minimum atomic E-state index is -0.381. The number of aliphatic imine (C=N–C) groups is 1. The zero-order valence-electron chi connectivity index (χ0n) is 13.9. The SMILES string of the molecule is CCN1C(=O)/C(=C/c2ccccc2F)SC1=Nc1ccc(C)cc1O. The molecule has 2 aromatic rings. The van der Waals surface area contributed by atoms with Gasteiger partial charge in [-0.1, -0.05) is 24.3 Å². The normalized spacial score (nSPS) is 17.7. The molecule has 0 aromatic heterocycles. The van der Waals surface area contributed by atoms with Gasteiger partial charge in [0.1, 0.15) is 17.3 Å². The molecule has 0 saturated carbocycles. The molecular weight excluding hydrogens is 339 g/mol. The van der Waals surface area contributed by atoms with Gasteiger partial charge in [0, 0.05) is 12.1 Å². The number of amides is 1. The molecular formula is C19H17FN2O2S. The van der Waals surface area contributed by atoms with Crippen LogP contribution in [0.25, 0.3) is 6.08 Å². The molecule has 0 spiro atoms. The Morgan fingerprint density at radius 2 is 2.04 bits per heavy atom. The lowest BCUT2D eigenvalue weighted by molar-refractivity contribution is -0.122. The van der Waals surface area contributed by atoms with Crippen LogP contribution in [0.2, 0.25) is 0 Å². The molecule has 0 unspecified atom stereocenters. The first kappa shape index (κ1) is 17.2. The van der Waals surface area contributed by atoms with E-state index in [4.69, 9.17) is 0 Å². The summed E-state index contributed by atoms with van der Waals surface area (Å²) in [6.45, 7) is 4.15. The molecule has 1 amide bonds. The number of rotatable bonds is 3. The third-order valence-electron chi connectivity index (χ3n) is 3.74. The van der Waals surface area contributed by atoms with E-state index in [1.54, 1.807) is 30.3 Å². The first-order valence-corrected chi connectivity index (χ1v) is 8.65. The fourth-order valence-electron chi connectivity index (χ4n) is 2.43. The number of likely N-dealkylation sites (N-methyl/N-ethyl adjacent to an activating group) is 1. The van der Waals surface area contributed by atoms with Crippen molar-refractivity contribution in [1.82, 2.24) is 4.90 Å². The van der Waals surface area contributed by atoms with Crippen LogP contribution in [0, 0.1) is 12.7 Å². The number of amidine groups is 1. The van der Waals surface area contributed by atoms with Gasteiger partial charge in [-0.2, -0.15) is 0 Å². The van der Waals surface area contributed by atoms with Gasteiger partial charge >= 0.3 is 0 Å². The molecule has 1 fully saturated rings. The maximum atomic E-state index is 13.8. The quantitative estimate of drug-likeness (QED) is 0.826. The Bertz CT molecular complexity index is 893. The molecule has 2 aromatic carbocycles. The van der Waals surface area contributed by atoms with Gasteiger partial charge in [-0.05, 0) is 55.4 Å². The van der Waals surface area contributed by atoms with Crippen LogP contribution in [0.3, 0.4) is 0 Å². The first-order chi connectivity index (χ1) is 12.0. The van der Waals surface area contributed by atoms with E-state index in [9.17, 15) is 14.3 Å². The summed E-state index contributed by atoms with van der Waals surface area (Å²) in [6, 6.07) is 11.5. The van der Waals surface area contributed by atoms with Gasteiger partial charge in [-0.25, -0.2) is 9.38 Å². The minimum absolute atomic E-state index is 0.0585. The summed E-state index contributed by atoms with van der Waals surface area (Å²) in [5, 5.41) is 10.5. The maximum Gasteiger partial charge on any atom is 0.266 e. The highest BCUT2D eigenvalue weighted by molar-refractivity contribution is 8.18. The number of phenols is 1. The molecule has 1 N–H and O–H groups in total. The zero-order valence-corrected chi connectivity index (χ0v) is 14.7. The molecule has 4 nitrogen and oxygen atoms in total. The molecule has 1 aliphatic heterocycles. The summed E-state index contributed by atoms with van der Waals surface area (Å²) in [4.78, 5) is 18.9. The Hall–Kier alpha value is -2.60. The zero-order chi connectivity index (χ0) is 18.0. The molecule has 0 radical (unpaired) electrons. The third-order valence-corrected chi connectivity index (χ3v) is 4.75. The number of benzene rings is 2. The Morgan fingerprint density at radius 1 is 1.28 bits per heavy atom. The fraction of sp³-hybridized carbons (Fsp3) is 0.158. The van der Waals surface area contributed by atoms with E-state index in [1.807, 2.05) is 19.9 Å². The molecule has 0 bridgehead atoms. The van der Waals surface area contributed by atoms with Crippen molar-refractivity contribution in [3.05, 3.63) is 64.3 Å². The lowest BCUT2D eigenvalue weighted by atomic mass is 10.2. The third kappa shape index (κ3) is 3.58. The lowest BCUT2D eigenvalue weighted by Crippen LogP contribution is -2.28. The lowest BCUT2D eigenvalue weighted by Gasteiger charge is -2.12. The number of aryl methyl sites for hydroxylation is 1. The predicted octanol–water partition coefficient (Wildman–Crippen LogP) is 4.46. The maximum absolute atomic E-state index is 13.8. The van der Waals surface area contributed by atoms with Crippen LogP contribution in [0.15, 0.2) is 52.4 Å². The second kappa shape index (κ2) is 7.11. The number of carbonyl (C=O) groups is 1. The second-order valence-corrected chi connectivity index (χ2v) is 6.58. The number of thioether (sulfide) groups is 1. The predicted molar refractivity (Wildman–Crippen MR) is 99.3 cm³/mol. The van der Waals surface area contributed by atoms with E-state index in [0.29, 0.717) is 27.9 Å². The molecule has 6 heteroatoms. The van der Waals surface area contributed by atoms with Crippen LogP contribution in [-0.2, 0) is 4.79 Å². The van der Waals surface area contributed by atoms with E-state index >= 15 is 0 Å². The number of hydrogen-bond acceptors (Lipinski definition) is 4. The van der Waals surface area contributed by atoms with Crippen molar-refractivity contribution in [3.63, 3.8) is 0 Å². The van der Waals surface area contributed by atoms with Crippen molar-refractivity contribution in [2.75, 3.05) is 6.54 Å². The highest BCUT2D eigenvalue weighted by atomic mass is 32.2. The van der Waals surface area contributed by atoms with Gasteiger partial charge in [-0.3, -0.25) is 9.69 Å². The van der Waals surface area contributed by atoms with Gasteiger partial charge in [0.15, 0.2) is 5.17 Å². The summed E-state index contributed by atoms with van der Waals surface area (Å²) in [5.74, 6) is -0.544. The Labute approximate surface area is 149 Å². The molecule has 1 saturated heterocycles. The Kier molecular flexibility index (Phi) is 4.90. The molecule has 1 aliphatic rings. The van der Waals surface area contributed by atoms with Crippen molar-refractivity contribution in [2.24, 2.45) is 4.99 Å². The highest BCUT2D eigenvalue weighted by Gasteiger charge is 2.32. The molecule has 25 heavy (non-hydrogen) atoms. The highest BCUT2D eigenvalue weighted by Crippen LogP contribution is 2.36. The van der Waals surface area contributed by atoms with Crippen molar-refractivity contribution >= 4 is 34.6 Å². The van der Waals surface area contributed by atoms with Crippen LogP contribution in [0.4, 0.5) is 10.1 Å². The molecule has 1 heterocycles. The van der Waals surface area contributed by atoms with Crippen molar-refractivity contribution < 1.29 is 14.3 Å². The van der Waals surface area contributed by atoms with Crippen molar-refractivity contribution in [3.8, 4) is 5.75 Å². The van der Waals surface area contributed by atoms with Crippen LogP contribution < -0.4 is 0 Å². The van der Waals surface area contributed by atoms with Crippen LogP contribution in [0.5, 0.6) is 5.75 Å². The standard InChI is InChI=1S/C19H17FN2O2S/c1-3-22-18(24)17(11-13-6-4-5-7-14(13)20)25-19(22)21-15-9-8-12(2)10-16(15)23/h4-11,23H,3H2,1-2H3/b17-11-,21-19?. The minimum Gasteiger partial charge on any atom is -0.506 e. The average Bonchev–Trinajstić information content (AvgIpc) is 2.87. The Morgan fingerprint density at radius 3 is 2.72 bits per heavy atom. The summed E-state index contributed by atoms with van der Waals surface area (Å²) < 4.78 is 13.8. The number of nitrogens with zero attached hydrogens (tertiary/aromatic N) is 2. The molecule has 3 rings (SSSR count). The van der Waals surface area contributed by atoms with Crippen molar-refractivity contribution in [2.45, 2.75) is 13.8 Å². The number of aromatic hydroxyl groups is 1. The van der Waals surface area contributed by atoms with Gasteiger partial charge < -0.3 is 5.11 Å². The number of phenolic OH excluding ortho intramolecular Hbond substituents is 1. The van der Waals surface area contributed by atoms with Gasteiger partial charge in [0.2, 0.25) is 0 Å². The summed E-state index contributed by atoms with van der Waals surface area (Å²) in [6.07, 6.45) is 1.53. The smallest absolute Gasteiger partial charge is 0.266 e. The molecule has 0 aliphatic carbocycles. The second-order valence-electron chi connectivity index (χ2n) is 5.57. The molecule has 0 atom stereocenters. The fourth-order valence-corrected chi connectivity index (χ4v) is 3.48. The van der Waals surface area contributed by atoms with Gasteiger partial charge in [0.05, 0.1) is 4.91 Å². The van der Waals surface area contributed by atoms with E-state index < -0.39 is 0 Å². The average molecular weight is 356 g/mol.